The van der Waals surface area contributed by atoms with Gasteiger partial charge in [0.1, 0.15) is 5.82 Å². The lowest BCUT2D eigenvalue weighted by atomic mass is 9.74. The lowest BCUT2D eigenvalue weighted by Crippen LogP contribution is -2.45. The molecule has 0 atom stereocenters. The Morgan fingerprint density at radius 3 is 2.44 bits per heavy atom. The van der Waals surface area contributed by atoms with Gasteiger partial charge in [-0.15, -0.1) is 0 Å². The molecule has 2 aromatic carbocycles. The zero-order valence-corrected chi connectivity index (χ0v) is 15.4. The van der Waals surface area contributed by atoms with Crippen LogP contribution in [0.3, 0.4) is 0 Å². The van der Waals surface area contributed by atoms with Gasteiger partial charge < -0.3 is 19.5 Å². The molecule has 144 valence electrons. The van der Waals surface area contributed by atoms with Gasteiger partial charge >= 0.3 is 0 Å². The van der Waals surface area contributed by atoms with Gasteiger partial charge in [-0.1, -0.05) is 24.3 Å². The maximum atomic E-state index is 13.3. The second-order valence-electron chi connectivity index (χ2n) is 6.62. The molecule has 0 saturated carbocycles. The van der Waals surface area contributed by atoms with Gasteiger partial charge in [0.2, 0.25) is 0 Å². The first kappa shape index (κ1) is 19.2. The van der Waals surface area contributed by atoms with Gasteiger partial charge in [-0.3, -0.25) is 4.79 Å². The van der Waals surface area contributed by atoms with E-state index < -0.39 is 0 Å². The highest BCUT2D eigenvalue weighted by Crippen LogP contribution is 2.34. The Bertz CT molecular complexity index is 757. The number of nitrogens with one attached hydrogen (secondary N) is 1. The lowest BCUT2D eigenvalue weighted by Gasteiger charge is -2.38. The molecule has 1 aliphatic heterocycles. The standard InChI is InChI=1S/C21H24FNO4/c1-25-18-4-2-3-5-19(18)27-14-20(24)23-15-21(10-12-26-13-11-21)16-6-8-17(22)9-7-16/h2-9H,10-15H2,1H3,(H,23,24). The van der Waals surface area contributed by atoms with Crippen LogP contribution in [-0.2, 0) is 14.9 Å². The first-order chi connectivity index (χ1) is 13.1. The van der Waals surface area contributed by atoms with Gasteiger partial charge in [0.05, 0.1) is 7.11 Å². The fraction of sp³-hybridized carbons (Fsp3) is 0.381. The first-order valence-corrected chi connectivity index (χ1v) is 8.99. The number of ether oxygens (including phenoxy) is 3. The molecule has 1 saturated heterocycles. The summed E-state index contributed by atoms with van der Waals surface area (Å²) < 4.78 is 29.6. The van der Waals surface area contributed by atoms with Gasteiger partial charge in [0.25, 0.3) is 5.91 Å². The van der Waals surface area contributed by atoms with Crippen molar-refractivity contribution in [1.29, 1.82) is 0 Å². The van der Waals surface area contributed by atoms with E-state index in [1.807, 2.05) is 12.1 Å². The van der Waals surface area contributed by atoms with E-state index in [1.54, 1.807) is 31.4 Å². The fourth-order valence-electron chi connectivity index (χ4n) is 3.33. The molecular weight excluding hydrogens is 349 g/mol. The molecule has 6 heteroatoms. The highest BCUT2D eigenvalue weighted by atomic mass is 19.1. The summed E-state index contributed by atoms with van der Waals surface area (Å²) in [5, 5.41) is 2.96. The SMILES string of the molecule is COc1ccccc1OCC(=O)NCC1(c2ccc(F)cc2)CCOCC1. The van der Waals surface area contributed by atoms with Crippen molar-refractivity contribution in [3.8, 4) is 11.5 Å². The molecule has 0 aromatic heterocycles. The normalized spacial score (nSPS) is 15.8. The van der Waals surface area contributed by atoms with E-state index in [1.165, 1.54) is 12.1 Å². The van der Waals surface area contributed by atoms with E-state index in [0.29, 0.717) is 31.3 Å². The van der Waals surface area contributed by atoms with Crippen LogP contribution in [0.15, 0.2) is 48.5 Å². The molecular formula is C21H24FNO4. The quantitative estimate of drug-likeness (QED) is 0.810. The van der Waals surface area contributed by atoms with Gasteiger partial charge in [-0.05, 0) is 42.7 Å². The molecule has 27 heavy (non-hydrogen) atoms. The number of methoxy groups -OCH3 is 1. The lowest BCUT2D eigenvalue weighted by molar-refractivity contribution is -0.123. The number of carbonyl (C=O) groups is 1. The third-order valence-electron chi connectivity index (χ3n) is 4.96. The molecule has 1 amide bonds. The fourth-order valence-corrected chi connectivity index (χ4v) is 3.33. The van der Waals surface area contributed by atoms with E-state index in [9.17, 15) is 9.18 Å². The molecule has 0 unspecified atom stereocenters. The second-order valence-corrected chi connectivity index (χ2v) is 6.62. The van der Waals surface area contributed by atoms with Crippen molar-refractivity contribution in [2.75, 3.05) is 33.5 Å². The van der Waals surface area contributed by atoms with Crippen molar-refractivity contribution in [3.63, 3.8) is 0 Å². The van der Waals surface area contributed by atoms with Gasteiger partial charge in [0.15, 0.2) is 18.1 Å². The first-order valence-electron chi connectivity index (χ1n) is 8.99. The summed E-state index contributed by atoms with van der Waals surface area (Å²) in [6.45, 7) is 1.59. The van der Waals surface area contributed by atoms with Gasteiger partial charge in [0, 0.05) is 25.2 Å². The number of halogens is 1. The zero-order valence-electron chi connectivity index (χ0n) is 15.4. The summed E-state index contributed by atoms with van der Waals surface area (Å²) in [7, 11) is 1.56. The van der Waals surface area contributed by atoms with E-state index >= 15 is 0 Å². The Balaban J connectivity index is 1.61. The summed E-state index contributed by atoms with van der Waals surface area (Å²) in [6, 6.07) is 13.7. The van der Waals surface area contributed by atoms with Crippen molar-refractivity contribution < 1.29 is 23.4 Å². The topological polar surface area (TPSA) is 56.8 Å². The summed E-state index contributed by atoms with van der Waals surface area (Å²) in [5.74, 6) is 0.621. The minimum Gasteiger partial charge on any atom is -0.493 e. The molecule has 2 aromatic rings. The molecule has 0 bridgehead atoms. The van der Waals surface area contributed by atoms with Crippen LogP contribution >= 0.6 is 0 Å². The minimum atomic E-state index is -0.268. The van der Waals surface area contributed by atoms with Crippen LogP contribution in [-0.4, -0.2) is 39.4 Å². The number of hydrogen-bond acceptors (Lipinski definition) is 4. The van der Waals surface area contributed by atoms with E-state index in [4.69, 9.17) is 14.2 Å². The summed E-state index contributed by atoms with van der Waals surface area (Å²) in [6.07, 6.45) is 1.54. The molecule has 1 fully saturated rings. The Morgan fingerprint density at radius 2 is 1.78 bits per heavy atom. The monoisotopic (exact) mass is 373 g/mol. The van der Waals surface area contributed by atoms with Crippen LogP contribution in [0.4, 0.5) is 4.39 Å². The molecule has 0 aliphatic carbocycles. The Hall–Kier alpha value is -2.60. The summed E-state index contributed by atoms with van der Waals surface area (Å²) in [5.41, 5.74) is 0.754. The van der Waals surface area contributed by atoms with Crippen LogP contribution in [0.1, 0.15) is 18.4 Å². The van der Waals surface area contributed by atoms with Crippen LogP contribution in [0, 0.1) is 5.82 Å². The summed E-state index contributed by atoms with van der Waals surface area (Å²) >= 11 is 0. The second kappa shape index (κ2) is 8.86. The number of amides is 1. The van der Waals surface area contributed by atoms with Crippen LogP contribution < -0.4 is 14.8 Å². The molecule has 0 radical (unpaired) electrons. The van der Waals surface area contributed by atoms with Crippen molar-refractivity contribution in [1.82, 2.24) is 5.32 Å². The average Bonchev–Trinajstić information content (AvgIpc) is 2.72. The third-order valence-corrected chi connectivity index (χ3v) is 4.96. The number of hydrogen-bond donors (Lipinski definition) is 1. The zero-order chi connectivity index (χ0) is 19.1. The highest BCUT2D eigenvalue weighted by molar-refractivity contribution is 5.77. The van der Waals surface area contributed by atoms with Crippen LogP contribution in [0.2, 0.25) is 0 Å². The van der Waals surface area contributed by atoms with Gasteiger partial charge in [-0.2, -0.15) is 0 Å². The Morgan fingerprint density at radius 1 is 1.11 bits per heavy atom. The number of para-hydroxylation sites is 2. The smallest absolute Gasteiger partial charge is 0.257 e. The number of carbonyl (C=O) groups excluding carboxylic acids is 1. The molecule has 5 nitrogen and oxygen atoms in total. The predicted octanol–water partition coefficient (Wildman–Crippen LogP) is 3.08. The molecule has 1 N–H and O–H groups in total. The van der Waals surface area contributed by atoms with E-state index in [-0.39, 0.29) is 23.7 Å². The van der Waals surface area contributed by atoms with E-state index in [2.05, 4.69) is 5.32 Å². The van der Waals surface area contributed by atoms with Crippen molar-refractivity contribution in [3.05, 3.63) is 59.9 Å². The maximum absolute atomic E-state index is 13.3. The predicted molar refractivity (Wildman–Crippen MR) is 99.6 cm³/mol. The molecule has 3 rings (SSSR count). The van der Waals surface area contributed by atoms with E-state index in [0.717, 1.165) is 18.4 Å². The van der Waals surface area contributed by atoms with Crippen molar-refractivity contribution in [2.45, 2.75) is 18.3 Å². The summed E-state index contributed by atoms with van der Waals surface area (Å²) in [4.78, 5) is 12.3. The highest BCUT2D eigenvalue weighted by Gasteiger charge is 2.34. The molecule has 1 aliphatic rings. The number of benzene rings is 2. The van der Waals surface area contributed by atoms with Gasteiger partial charge in [-0.25, -0.2) is 4.39 Å². The average molecular weight is 373 g/mol. The Labute approximate surface area is 158 Å². The molecule has 1 heterocycles. The van der Waals surface area contributed by atoms with Crippen molar-refractivity contribution >= 4 is 5.91 Å². The minimum absolute atomic E-state index is 0.101. The number of rotatable bonds is 7. The van der Waals surface area contributed by atoms with Crippen LogP contribution in [0.25, 0.3) is 0 Å². The maximum Gasteiger partial charge on any atom is 0.257 e. The molecule has 0 spiro atoms. The largest absolute Gasteiger partial charge is 0.493 e. The van der Waals surface area contributed by atoms with Crippen LogP contribution in [0.5, 0.6) is 11.5 Å². The Kier molecular flexibility index (Phi) is 6.29. The van der Waals surface area contributed by atoms with Crippen molar-refractivity contribution in [2.24, 2.45) is 0 Å². The third kappa shape index (κ3) is 4.77.